The number of rotatable bonds is 0. The summed E-state index contributed by atoms with van der Waals surface area (Å²) < 4.78 is 14.0. The molecule has 4 nitrogen and oxygen atoms in total. The van der Waals surface area contributed by atoms with E-state index in [2.05, 4.69) is 90.4 Å². The molecule has 112 valence electrons. The van der Waals surface area contributed by atoms with Gasteiger partial charge in [-0.3, -0.25) is 0 Å². The van der Waals surface area contributed by atoms with Gasteiger partial charge in [0.1, 0.15) is 0 Å². The van der Waals surface area contributed by atoms with Gasteiger partial charge in [0.15, 0.2) is 11.5 Å². The highest BCUT2D eigenvalue weighted by atomic mass is 127. The molecule has 3 rings (SSSR count). The number of carbonyl (C=O) groups is 2. The topological polar surface area (TPSA) is 52.6 Å². The molecule has 1 aliphatic rings. The van der Waals surface area contributed by atoms with Crippen LogP contribution in [0.3, 0.4) is 0 Å². The molecule has 0 spiro atoms. The van der Waals surface area contributed by atoms with Gasteiger partial charge in [-0.2, -0.15) is 0 Å². The van der Waals surface area contributed by atoms with Crippen LogP contribution in [0.15, 0.2) is 24.3 Å². The Morgan fingerprint density at radius 1 is 0.636 bits per heavy atom. The van der Waals surface area contributed by atoms with Crippen molar-refractivity contribution in [2.24, 2.45) is 0 Å². The highest BCUT2D eigenvalue weighted by molar-refractivity contribution is 14.1. The lowest BCUT2D eigenvalue weighted by Crippen LogP contribution is -2.25. The average molecular weight is 744 g/mol. The minimum atomic E-state index is -0.546. The van der Waals surface area contributed by atoms with E-state index in [1.165, 1.54) is 0 Å². The van der Waals surface area contributed by atoms with Gasteiger partial charge in [-0.1, -0.05) is 12.1 Å². The van der Waals surface area contributed by atoms with Crippen LogP contribution in [0.4, 0.5) is 0 Å². The van der Waals surface area contributed by atoms with Crippen LogP contribution in [0.2, 0.25) is 0 Å². The van der Waals surface area contributed by atoms with Gasteiger partial charge in [0.2, 0.25) is 0 Å². The van der Waals surface area contributed by atoms with Crippen LogP contribution in [0, 0.1) is 14.3 Å². The van der Waals surface area contributed by atoms with Crippen LogP contribution in [-0.2, 0) is 0 Å². The molecule has 1 heterocycles. The molecule has 2 aromatic rings. The van der Waals surface area contributed by atoms with Gasteiger partial charge in [0, 0.05) is 14.3 Å². The number of para-hydroxylation sites is 2. The first kappa shape index (κ1) is 17.1. The molecule has 0 radical (unpaired) electrons. The van der Waals surface area contributed by atoms with Crippen LogP contribution in [0.25, 0.3) is 0 Å². The monoisotopic (exact) mass is 744 g/mol. The molecule has 0 amide bonds. The molecule has 22 heavy (non-hydrogen) atoms. The standard InChI is InChI=1S/C14H4I4O4/c15-9-7-8(10(16)12(18)11(9)17)14(20)22-6-4-2-1-3-5(6)21-13(7)19/h1-4H. The summed E-state index contributed by atoms with van der Waals surface area (Å²) in [5, 5.41) is 0. The number of halogens is 4. The van der Waals surface area contributed by atoms with Crippen molar-refractivity contribution in [3.8, 4) is 11.5 Å². The van der Waals surface area contributed by atoms with Crippen molar-refractivity contribution in [1.29, 1.82) is 0 Å². The molecular weight excluding hydrogens is 740 g/mol. The summed E-state index contributed by atoms with van der Waals surface area (Å²) in [6.45, 7) is 0. The highest BCUT2D eigenvalue weighted by Crippen LogP contribution is 2.37. The number of hydrogen-bond acceptors (Lipinski definition) is 4. The van der Waals surface area contributed by atoms with E-state index in [1.807, 2.05) is 0 Å². The molecule has 0 bridgehead atoms. The maximum absolute atomic E-state index is 12.6. The van der Waals surface area contributed by atoms with E-state index in [4.69, 9.17) is 9.47 Å². The Kier molecular flexibility index (Phi) is 5.19. The number of benzene rings is 2. The fourth-order valence-corrected chi connectivity index (χ4v) is 5.57. The second-order valence-corrected chi connectivity index (χ2v) is 8.55. The Labute approximate surface area is 180 Å². The van der Waals surface area contributed by atoms with Crippen LogP contribution in [0.1, 0.15) is 20.7 Å². The molecule has 0 N–H and O–H groups in total. The predicted molar refractivity (Wildman–Crippen MR) is 114 cm³/mol. The minimum absolute atomic E-state index is 0.242. The van der Waals surface area contributed by atoms with Crippen molar-refractivity contribution in [2.75, 3.05) is 0 Å². The van der Waals surface area contributed by atoms with Crippen LogP contribution >= 0.6 is 90.4 Å². The summed E-state index contributed by atoms with van der Waals surface area (Å²) in [6, 6.07) is 6.63. The van der Waals surface area contributed by atoms with Crippen molar-refractivity contribution in [1.82, 2.24) is 0 Å². The smallest absolute Gasteiger partial charge is 0.345 e. The van der Waals surface area contributed by atoms with Gasteiger partial charge < -0.3 is 9.47 Å². The predicted octanol–water partition coefficient (Wildman–Crippen LogP) is 4.86. The maximum Gasteiger partial charge on any atom is 0.345 e. The number of hydrogen-bond donors (Lipinski definition) is 0. The number of fused-ring (bicyclic) bond motifs is 2. The number of carbonyl (C=O) groups excluding carboxylic acids is 2. The normalized spacial score (nSPS) is 13.5. The van der Waals surface area contributed by atoms with Gasteiger partial charge in [-0.25, -0.2) is 9.59 Å². The fourth-order valence-electron chi connectivity index (χ4n) is 1.94. The summed E-state index contributed by atoms with van der Waals surface area (Å²) in [5.41, 5.74) is 0.517. The zero-order valence-electron chi connectivity index (χ0n) is 10.5. The third kappa shape index (κ3) is 2.87. The van der Waals surface area contributed by atoms with Crippen molar-refractivity contribution in [3.63, 3.8) is 0 Å². The zero-order valence-corrected chi connectivity index (χ0v) is 19.1. The van der Waals surface area contributed by atoms with Gasteiger partial charge in [0.05, 0.1) is 11.1 Å². The molecule has 0 saturated heterocycles. The second-order valence-electron chi connectivity index (χ2n) is 4.23. The van der Waals surface area contributed by atoms with Gasteiger partial charge in [0.25, 0.3) is 0 Å². The molecule has 0 fully saturated rings. The molecule has 0 aliphatic carbocycles. The fraction of sp³-hybridized carbons (Fsp3) is 0. The molecule has 0 aromatic heterocycles. The van der Waals surface area contributed by atoms with Crippen molar-refractivity contribution >= 4 is 102 Å². The van der Waals surface area contributed by atoms with Gasteiger partial charge in [-0.05, 0) is 102 Å². The first-order valence-corrected chi connectivity index (χ1v) is 10.1. The first-order valence-electron chi connectivity index (χ1n) is 5.81. The second kappa shape index (κ2) is 6.66. The summed E-state index contributed by atoms with van der Waals surface area (Å²) in [6.07, 6.45) is 0. The lowest BCUT2D eigenvalue weighted by molar-refractivity contribution is 0.0646. The lowest BCUT2D eigenvalue weighted by Gasteiger charge is -2.19. The highest BCUT2D eigenvalue weighted by Gasteiger charge is 2.32. The SMILES string of the molecule is O=C1Oc2ccccc2OC(=O)c2c(I)c(I)c(I)c(I)c21. The molecule has 0 saturated carbocycles. The Morgan fingerprint density at radius 2 is 1.00 bits per heavy atom. The third-order valence-corrected chi connectivity index (χ3v) is 10.3. The zero-order chi connectivity index (χ0) is 16.0. The summed E-state index contributed by atoms with van der Waals surface area (Å²) >= 11 is 8.44. The Bertz CT molecular complexity index is 764. The first-order chi connectivity index (χ1) is 10.4. The van der Waals surface area contributed by atoms with E-state index in [0.29, 0.717) is 7.14 Å². The summed E-state index contributed by atoms with van der Waals surface area (Å²) in [5.74, 6) is -0.608. The third-order valence-electron chi connectivity index (χ3n) is 2.93. The molecule has 0 atom stereocenters. The minimum Gasteiger partial charge on any atom is -0.419 e. The Balaban J connectivity index is 2.30. The van der Waals surface area contributed by atoms with Crippen molar-refractivity contribution < 1.29 is 19.1 Å². The van der Waals surface area contributed by atoms with E-state index < -0.39 is 11.9 Å². The van der Waals surface area contributed by atoms with Gasteiger partial charge in [-0.15, -0.1) is 0 Å². The molecular formula is C14H4I4O4. The van der Waals surface area contributed by atoms with E-state index in [1.54, 1.807) is 24.3 Å². The molecule has 1 aliphatic heterocycles. The Hall–Kier alpha value is 0.300. The van der Waals surface area contributed by atoms with Crippen LogP contribution < -0.4 is 9.47 Å². The van der Waals surface area contributed by atoms with Crippen molar-refractivity contribution in [2.45, 2.75) is 0 Å². The average Bonchev–Trinajstić information content (AvgIpc) is 2.48. The van der Waals surface area contributed by atoms with Crippen LogP contribution in [-0.4, -0.2) is 11.9 Å². The largest absolute Gasteiger partial charge is 0.419 e. The summed E-state index contributed by atoms with van der Waals surface area (Å²) in [4.78, 5) is 25.1. The maximum atomic E-state index is 12.6. The van der Waals surface area contributed by atoms with Crippen molar-refractivity contribution in [3.05, 3.63) is 49.7 Å². The Morgan fingerprint density at radius 3 is 1.36 bits per heavy atom. The van der Waals surface area contributed by atoms with Crippen LogP contribution in [0.5, 0.6) is 11.5 Å². The molecule has 8 heteroatoms. The summed E-state index contributed by atoms with van der Waals surface area (Å²) in [7, 11) is 0. The molecule has 0 unspecified atom stereocenters. The molecule has 2 aromatic carbocycles. The van der Waals surface area contributed by atoms with Gasteiger partial charge >= 0.3 is 11.9 Å². The van der Waals surface area contributed by atoms with E-state index >= 15 is 0 Å². The van der Waals surface area contributed by atoms with E-state index in [9.17, 15) is 9.59 Å². The number of esters is 2. The van der Waals surface area contributed by atoms with E-state index in [0.717, 1.165) is 7.14 Å². The lowest BCUT2D eigenvalue weighted by atomic mass is 10.1. The number of ether oxygens (including phenoxy) is 2. The van der Waals surface area contributed by atoms with E-state index in [-0.39, 0.29) is 22.6 Å². The quantitative estimate of drug-likeness (QED) is 0.127.